The molecule has 1 aromatic rings. The predicted octanol–water partition coefficient (Wildman–Crippen LogP) is 1.18. The zero-order valence-corrected chi connectivity index (χ0v) is 11.6. The lowest BCUT2D eigenvalue weighted by atomic mass is 10.3. The van der Waals surface area contributed by atoms with Crippen LogP contribution in [0.2, 0.25) is 0 Å². The molecule has 3 rings (SSSR count). The number of nitrogens with zero attached hydrogens (tertiary/aromatic N) is 1. The molecule has 5 nitrogen and oxygen atoms in total. The van der Waals surface area contributed by atoms with Gasteiger partial charge >= 0.3 is 0 Å². The Hall–Kier alpha value is -0.560. The molecule has 1 unspecified atom stereocenters. The second-order valence-electron chi connectivity index (χ2n) is 4.85. The van der Waals surface area contributed by atoms with Crippen molar-refractivity contribution < 1.29 is 8.42 Å². The number of sulfone groups is 1. The van der Waals surface area contributed by atoms with E-state index >= 15 is 0 Å². The normalized spacial score (nSPS) is 27.5. The van der Waals surface area contributed by atoms with Gasteiger partial charge in [-0.25, -0.2) is 13.1 Å². The van der Waals surface area contributed by atoms with Gasteiger partial charge in [0.05, 0.1) is 23.2 Å². The van der Waals surface area contributed by atoms with Crippen molar-refractivity contribution in [2.45, 2.75) is 31.2 Å². The molecule has 1 aromatic heterocycles. The lowest BCUT2D eigenvalue weighted by Gasteiger charge is -2.07. The molecular weight excluding hydrogens is 308 g/mol. The van der Waals surface area contributed by atoms with Crippen LogP contribution in [-0.2, 0) is 9.84 Å². The standard InChI is InChI=1S/C10H13BrN2O3S/c11-8-9(6-1-2-6)12-13(10(8)14)7-3-4-17(15,16)5-7/h6-7,12H,1-5H2. The Morgan fingerprint density at radius 2 is 2.00 bits per heavy atom. The van der Waals surface area contributed by atoms with Crippen LogP contribution in [0.1, 0.15) is 36.9 Å². The third-order valence-corrected chi connectivity index (χ3v) is 5.96. The van der Waals surface area contributed by atoms with E-state index in [1.165, 1.54) is 4.68 Å². The van der Waals surface area contributed by atoms with Crippen LogP contribution in [0.4, 0.5) is 0 Å². The number of aromatic amines is 1. The van der Waals surface area contributed by atoms with Crippen molar-refractivity contribution in [2.75, 3.05) is 11.5 Å². The molecule has 2 fully saturated rings. The van der Waals surface area contributed by atoms with E-state index in [1.807, 2.05) is 0 Å². The summed E-state index contributed by atoms with van der Waals surface area (Å²) in [5.41, 5.74) is 0.799. The van der Waals surface area contributed by atoms with E-state index in [4.69, 9.17) is 0 Å². The molecule has 0 spiro atoms. The maximum Gasteiger partial charge on any atom is 0.281 e. The van der Waals surface area contributed by atoms with Gasteiger partial charge in [0, 0.05) is 5.92 Å². The van der Waals surface area contributed by atoms with Gasteiger partial charge in [-0.1, -0.05) is 0 Å². The van der Waals surface area contributed by atoms with E-state index in [2.05, 4.69) is 21.0 Å². The number of halogens is 1. The van der Waals surface area contributed by atoms with Crippen LogP contribution >= 0.6 is 15.9 Å². The van der Waals surface area contributed by atoms with Crippen LogP contribution in [0.5, 0.6) is 0 Å². The van der Waals surface area contributed by atoms with Gasteiger partial charge in [0.1, 0.15) is 4.47 Å². The Labute approximate surface area is 107 Å². The Bertz CT molecular complexity index is 612. The van der Waals surface area contributed by atoms with Crippen molar-refractivity contribution in [2.24, 2.45) is 0 Å². The molecule has 1 saturated carbocycles. The third-order valence-electron chi connectivity index (χ3n) is 3.44. The first-order valence-electron chi connectivity index (χ1n) is 5.68. The SMILES string of the molecule is O=c1c(Br)c(C2CC2)[nH]n1C1CCS(=O)(=O)C1. The van der Waals surface area contributed by atoms with Crippen LogP contribution in [0, 0.1) is 0 Å². The van der Waals surface area contributed by atoms with E-state index in [1.54, 1.807) is 0 Å². The molecular formula is C10H13BrN2O3S. The van der Waals surface area contributed by atoms with Gasteiger partial charge in [-0.05, 0) is 35.2 Å². The minimum absolute atomic E-state index is 0.0734. The average molecular weight is 321 g/mol. The Balaban J connectivity index is 1.99. The molecule has 0 bridgehead atoms. The fraction of sp³-hybridized carbons (Fsp3) is 0.700. The van der Waals surface area contributed by atoms with E-state index in [-0.39, 0.29) is 23.1 Å². The smallest absolute Gasteiger partial charge is 0.281 e. The number of H-pyrrole nitrogens is 1. The van der Waals surface area contributed by atoms with Crippen molar-refractivity contribution in [3.8, 4) is 0 Å². The van der Waals surface area contributed by atoms with Crippen molar-refractivity contribution in [1.29, 1.82) is 0 Å². The molecule has 1 N–H and O–H groups in total. The summed E-state index contributed by atoms with van der Waals surface area (Å²) in [7, 11) is -2.96. The van der Waals surface area contributed by atoms with Gasteiger partial charge in [-0.15, -0.1) is 0 Å². The minimum Gasteiger partial charge on any atom is -0.298 e. The molecule has 0 amide bonds. The van der Waals surface area contributed by atoms with E-state index in [0.717, 1.165) is 18.5 Å². The Morgan fingerprint density at radius 3 is 2.53 bits per heavy atom. The fourth-order valence-electron chi connectivity index (χ4n) is 2.33. The highest BCUT2D eigenvalue weighted by Crippen LogP contribution is 2.41. The summed E-state index contributed by atoms with van der Waals surface area (Å²) in [4.78, 5) is 12.0. The molecule has 7 heteroatoms. The van der Waals surface area contributed by atoms with E-state index < -0.39 is 9.84 Å². The van der Waals surface area contributed by atoms with Gasteiger partial charge in [-0.2, -0.15) is 0 Å². The number of nitrogens with one attached hydrogen (secondary N) is 1. The van der Waals surface area contributed by atoms with Gasteiger partial charge in [0.2, 0.25) is 0 Å². The molecule has 2 heterocycles. The zero-order valence-electron chi connectivity index (χ0n) is 9.15. The van der Waals surface area contributed by atoms with Crippen LogP contribution in [0.15, 0.2) is 9.27 Å². The van der Waals surface area contributed by atoms with Crippen molar-refractivity contribution in [3.05, 3.63) is 20.5 Å². The quantitative estimate of drug-likeness (QED) is 0.889. The largest absolute Gasteiger partial charge is 0.298 e. The molecule has 1 saturated heterocycles. The Kier molecular flexibility index (Phi) is 2.52. The maximum absolute atomic E-state index is 12.0. The predicted molar refractivity (Wildman–Crippen MR) is 67.0 cm³/mol. The van der Waals surface area contributed by atoms with Gasteiger partial charge < -0.3 is 0 Å². The first kappa shape index (κ1) is 11.5. The molecule has 1 aliphatic heterocycles. The van der Waals surface area contributed by atoms with Crippen LogP contribution in [0.25, 0.3) is 0 Å². The molecule has 1 atom stereocenters. The summed E-state index contributed by atoms with van der Waals surface area (Å²) in [6.07, 6.45) is 2.72. The monoisotopic (exact) mass is 320 g/mol. The number of hydrogen-bond acceptors (Lipinski definition) is 3. The van der Waals surface area contributed by atoms with Gasteiger partial charge in [-0.3, -0.25) is 9.89 Å². The first-order chi connectivity index (χ1) is 7.98. The van der Waals surface area contributed by atoms with Gasteiger partial charge in [0.15, 0.2) is 9.84 Å². The van der Waals surface area contributed by atoms with E-state index in [0.29, 0.717) is 16.8 Å². The molecule has 94 valence electrons. The number of hydrogen-bond donors (Lipinski definition) is 1. The molecule has 2 aliphatic rings. The third kappa shape index (κ3) is 1.99. The van der Waals surface area contributed by atoms with Crippen molar-refractivity contribution in [3.63, 3.8) is 0 Å². The minimum atomic E-state index is -2.96. The summed E-state index contributed by atoms with van der Waals surface area (Å²) >= 11 is 3.30. The summed E-state index contributed by atoms with van der Waals surface area (Å²) < 4.78 is 24.9. The summed E-state index contributed by atoms with van der Waals surface area (Å²) in [6, 6.07) is -0.226. The summed E-state index contributed by atoms with van der Waals surface area (Å²) in [6.45, 7) is 0. The Morgan fingerprint density at radius 1 is 1.29 bits per heavy atom. The highest BCUT2D eigenvalue weighted by atomic mass is 79.9. The first-order valence-corrected chi connectivity index (χ1v) is 8.30. The van der Waals surface area contributed by atoms with E-state index in [9.17, 15) is 13.2 Å². The number of rotatable bonds is 2. The fourth-order valence-corrected chi connectivity index (χ4v) is 4.63. The summed E-state index contributed by atoms with van der Waals surface area (Å²) in [5, 5.41) is 3.08. The topological polar surface area (TPSA) is 71.9 Å². The molecule has 17 heavy (non-hydrogen) atoms. The zero-order chi connectivity index (χ0) is 12.2. The molecule has 1 aliphatic carbocycles. The second-order valence-corrected chi connectivity index (χ2v) is 7.87. The number of aromatic nitrogens is 2. The van der Waals surface area contributed by atoms with Gasteiger partial charge in [0.25, 0.3) is 5.56 Å². The summed E-state index contributed by atoms with van der Waals surface area (Å²) in [5.74, 6) is 0.694. The second kappa shape index (κ2) is 3.71. The average Bonchev–Trinajstić information content (AvgIpc) is 2.97. The van der Waals surface area contributed by atoms with Crippen LogP contribution in [0.3, 0.4) is 0 Å². The van der Waals surface area contributed by atoms with Crippen molar-refractivity contribution in [1.82, 2.24) is 9.78 Å². The van der Waals surface area contributed by atoms with Crippen LogP contribution in [-0.4, -0.2) is 29.7 Å². The van der Waals surface area contributed by atoms with Crippen LogP contribution < -0.4 is 5.56 Å². The lowest BCUT2D eigenvalue weighted by molar-refractivity contribution is 0.482. The highest BCUT2D eigenvalue weighted by Gasteiger charge is 2.34. The maximum atomic E-state index is 12.0. The molecule has 0 radical (unpaired) electrons. The highest BCUT2D eigenvalue weighted by molar-refractivity contribution is 9.10. The van der Waals surface area contributed by atoms with Crippen molar-refractivity contribution >= 4 is 25.8 Å². The molecule has 0 aromatic carbocycles. The lowest BCUT2D eigenvalue weighted by Crippen LogP contribution is -2.23.